The first-order valence-corrected chi connectivity index (χ1v) is 7.44. The smallest absolute Gasteiger partial charge is 0.307 e. The third-order valence-electron chi connectivity index (χ3n) is 3.73. The predicted octanol–water partition coefficient (Wildman–Crippen LogP) is 3.81. The number of carbonyl (C=O) groups is 1. The summed E-state index contributed by atoms with van der Waals surface area (Å²) in [6.45, 7) is 2.05. The van der Waals surface area contributed by atoms with Crippen LogP contribution in [0, 0.1) is 12.7 Å². The summed E-state index contributed by atoms with van der Waals surface area (Å²) in [5, 5.41) is 14.6. The molecule has 6 heteroatoms. The Bertz CT molecular complexity index is 885. The minimum Gasteiger partial charge on any atom is -0.481 e. The molecule has 0 unspecified atom stereocenters. The SMILES string of the molecule is Cc1nn(Cc2c(F)cccc2Cl)c2cc(CC(=O)O)ccc12. The Labute approximate surface area is 137 Å². The van der Waals surface area contributed by atoms with Crippen LogP contribution in [0.1, 0.15) is 16.8 Å². The lowest BCUT2D eigenvalue weighted by molar-refractivity contribution is -0.136. The van der Waals surface area contributed by atoms with Crippen molar-refractivity contribution in [3.63, 3.8) is 0 Å². The van der Waals surface area contributed by atoms with Crippen LogP contribution in [0.2, 0.25) is 5.02 Å². The molecule has 3 aromatic rings. The van der Waals surface area contributed by atoms with Crippen LogP contribution in [0.25, 0.3) is 10.9 Å². The number of aromatic nitrogens is 2. The fourth-order valence-electron chi connectivity index (χ4n) is 2.62. The third-order valence-corrected chi connectivity index (χ3v) is 4.08. The fraction of sp³-hybridized carbons (Fsp3) is 0.176. The van der Waals surface area contributed by atoms with Crippen LogP contribution in [0.4, 0.5) is 4.39 Å². The van der Waals surface area contributed by atoms with Crippen LogP contribution in [0.5, 0.6) is 0 Å². The molecule has 1 N–H and O–H groups in total. The second kappa shape index (κ2) is 6.01. The lowest BCUT2D eigenvalue weighted by atomic mass is 10.1. The van der Waals surface area contributed by atoms with Gasteiger partial charge in [-0.3, -0.25) is 9.48 Å². The molecule has 0 radical (unpaired) electrons. The molecule has 0 fully saturated rings. The Hall–Kier alpha value is -2.40. The number of rotatable bonds is 4. The predicted molar refractivity (Wildman–Crippen MR) is 86.3 cm³/mol. The van der Waals surface area contributed by atoms with Crippen LogP contribution in [-0.2, 0) is 17.8 Å². The second-order valence-corrected chi connectivity index (χ2v) is 5.77. The molecule has 0 aliphatic heterocycles. The Morgan fingerprint density at radius 3 is 2.83 bits per heavy atom. The summed E-state index contributed by atoms with van der Waals surface area (Å²) in [7, 11) is 0. The maximum Gasteiger partial charge on any atom is 0.307 e. The number of hydrogen-bond donors (Lipinski definition) is 1. The van der Waals surface area contributed by atoms with Crippen molar-refractivity contribution in [3.05, 3.63) is 64.1 Å². The number of aryl methyl sites for hydroxylation is 1. The lowest BCUT2D eigenvalue weighted by Crippen LogP contribution is -2.05. The first-order valence-electron chi connectivity index (χ1n) is 7.06. The van der Waals surface area contributed by atoms with E-state index in [1.807, 2.05) is 13.0 Å². The van der Waals surface area contributed by atoms with E-state index in [0.717, 1.165) is 16.6 Å². The van der Waals surface area contributed by atoms with Gasteiger partial charge >= 0.3 is 5.97 Å². The van der Waals surface area contributed by atoms with E-state index in [0.29, 0.717) is 16.1 Å². The van der Waals surface area contributed by atoms with Crippen LogP contribution >= 0.6 is 11.6 Å². The van der Waals surface area contributed by atoms with Crippen molar-refractivity contribution >= 4 is 28.5 Å². The van der Waals surface area contributed by atoms with Gasteiger partial charge in [0, 0.05) is 16.0 Å². The van der Waals surface area contributed by atoms with E-state index in [4.69, 9.17) is 16.7 Å². The van der Waals surface area contributed by atoms with Gasteiger partial charge in [0.15, 0.2) is 0 Å². The Kier molecular flexibility index (Phi) is 4.05. The molecule has 0 atom stereocenters. The first kappa shape index (κ1) is 15.5. The zero-order chi connectivity index (χ0) is 16.6. The minimum atomic E-state index is -0.899. The highest BCUT2D eigenvalue weighted by Crippen LogP contribution is 2.24. The van der Waals surface area contributed by atoms with Crippen molar-refractivity contribution in [3.8, 4) is 0 Å². The monoisotopic (exact) mass is 332 g/mol. The van der Waals surface area contributed by atoms with Gasteiger partial charge in [-0.05, 0) is 30.7 Å². The number of nitrogens with zero attached hydrogens (tertiary/aromatic N) is 2. The minimum absolute atomic E-state index is 0.0688. The van der Waals surface area contributed by atoms with Gasteiger partial charge in [0.1, 0.15) is 5.82 Å². The molecule has 0 amide bonds. The van der Waals surface area contributed by atoms with Gasteiger partial charge in [-0.1, -0.05) is 29.8 Å². The molecule has 4 nitrogen and oxygen atoms in total. The van der Waals surface area contributed by atoms with Crippen molar-refractivity contribution in [2.24, 2.45) is 0 Å². The lowest BCUT2D eigenvalue weighted by Gasteiger charge is -2.08. The van der Waals surface area contributed by atoms with Crippen molar-refractivity contribution in [1.29, 1.82) is 0 Å². The van der Waals surface area contributed by atoms with Crippen LogP contribution < -0.4 is 0 Å². The molecular formula is C17H14ClFN2O2. The van der Waals surface area contributed by atoms with Gasteiger partial charge in [-0.25, -0.2) is 4.39 Å². The standard InChI is InChI=1S/C17H14ClFN2O2/c1-10-12-6-5-11(8-17(22)23)7-16(12)21(20-10)9-13-14(18)3-2-4-15(13)19/h2-7H,8-9H2,1H3,(H,22,23). The summed E-state index contributed by atoms with van der Waals surface area (Å²) in [4.78, 5) is 10.9. The molecule has 118 valence electrons. The molecular weight excluding hydrogens is 319 g/mol. The van der Waals surface area contributed by atoms with Gasteiger partial charge in [0.2, 0.25) is 0 Å². The van der Waals surface area contributed by atoms with E-state index in [2.05, 4.69) is 5.10 Å². The van der Waals surface area contributed by atoms with E-state index in [9.17, 15) is 9.18 Å². The zero-order valence-corrected chi connectivity index (χ0v) is 13.1. The molecule has 23 heavy (non-hydrogen) atoms. The summed E-state index contributed by atoms with van der Waals surface area (Å²) in [5.41, 5.74) is 2.60. The van der Waals surface area contributed by atoms with E-state index in [1.54, 1.807) is 28.9 Å². The number of halogens is 2. The molecule has 3 rings (SSSR count). The molecule has 0 aliphatic rings. The van der Waals surface area contributed by atoms with Crippen molar-refractivity contribution in [2.45, 2.75) is 19.9 Å². The summed E-state index contributed by atoms with van der Waals surface area (Å²) in [6, 6.07) is 9.93. The van der Waals surface area contributed by atoms with E-state index in [-0.39, 0.29) is 18.8 Å². The normalized spacial score (nSPS) is 11.1. The third kappa shape index (κ3) is 3.05. The summed E-state index contributed by atoms with van der Waals surface area (Å²) >= 11 is 6.08. The summed E-state index contributed by atoms with van der Waals surface area (Å²) in [5.74, 6) is -1.29. The first-order chi connectivity index (χ1) is 11.0. The Balaban J connectivity index is 2.08. The van der Waals surface area contributed by atoms with E-state index < -0.39 is 5.97 Å². The molecule has 0 saturated carbocycles. The molecule has 0 bridgehead atoms. The molecule has 1 heterocycles. The number of carboxylic acids is 1. The number of carboxylic acid groups (broad SMARTS) is 1. The van der Waals surface area contributed by atoms with Gasteiger partial charge in [-0.2, -0.15) is 5.10 Å². The highest BCUT2D eigenvalue weighted by atomic mass is 35.5. The van der Waals surface area contributed by atoms with Gasteiger partial charge < -0.3 is 5.11 Å². The van der Waals surface area contributed by atoms with Gasteiger partial charge in [-0.15, -0.1) is 0 Å². The molecule has 0 spiro atoms. The summed E-state index contributed by atoms with van der Waals surface area (Å²) < 4.78 is 15.6. The van der Waals surface area contributed by atoms with Crippen molar-refractivity contribution < 1.29 is 14.3 Å². The number of benzene rings is 2. The average Bonchev–Trinajstić information content (AvgIpc) is 2.78. The number of hydrogen-bond acceptors (Lipinski definition) is 2. The van der Waals surface area contributed by atoms with Crippen LogP contribution in [0.15, 0.2) is 36.4 Å². The largest absolute Gasteiger partial charge is 0.481 e. The maximum atomic E-state index is 14.0. The molecule has 1 aromatic heterocycles. The topological polar surface area (TPSA) is 55.1 Å². The Morgan fingerprint density at radius 1 is 1.35 bits per heavy atom. The molecule has 0 saturated heterocycles. The maximum absolute atomic E-state index is 14.0. The fourth-order valence-corrected chi connectivity index (χ4v) is 2.85. The molecule has 0 aliphatic carbocycles. The average molecular weight is 333 g/mol. The zero-order valence-electron chi connectivity index (χ0n) is 12.4. The van der Waals surface area contributed by atoms with Gasteiger partial charge in [0.25, 0.3) is 0 Å². The van der Waals surface area contributed by atoms with Crippen LogP contribution in [0.3, 0.4) is 0 Å². The highest BCUT2D eigenvalue weighted by molar-refractivity contribution is 6.31. The van der Waals surface area contributed by atoms with E-state index >= 15 is 0 Å². The number of fused-ring (bicyclic) bond motifs is 1. The Morgan fingerprint density at radius 2 is 2.13 bits per heavy atom. The van der Waals surface area contributed by atoms with Crippen LogP contribution in [-0.4, -0.2) is 20.9 Å². The van der Waals surface area contributed by atoms with Gasteiger partial charge in [0.05, 0.1) is 24.2 Å². The van der Waals surface area contributed by atoms with E-state index in [1.165, 1.54) is 6.07 Å². The van der Waals surface area contributed by atoms with Crippen molar-refractivity contribution in [1.82, 2.24) is 9.78 Å². The second-order valence-electron chi connectivity index (χ2n) is 5.37. The highest BCUT2D eigenvalue weighted by Gasteiger charge is 2.13. The van der Waals surface area contributed by atoms with Crippen molar-refractivity contribution in [2.75, 3.05) is 0 Å². The quantitative estimate of drug-likeness (QED) is 0.790. The number of aliphatic carboxylic acids is 1. The molecule has 2 aromatic carbocycles. The summed E-state index contributed by atoms with van der Waals surface area (Å²) in [6.07, 6.45) is -0.0688.